The van der Waals surface area contributed by atoms with Crippen LogP contribution in [0, 0.1) is 0 Å². The molecule has 2 heterocycles. The summed E-state index contributed by atoms with van der Waals surface area (Å²) in [5.41, 5.74) is 4.34. The fourth-order valence-corrected chi connectivity index (χ4v) is 4.42. The molecule has 0 unspecified atom stereocenters. The molecule has 0 saturated heterocycles. The maximum absolute atomic E-state index is 12.6. The van der Waals surface area contributed by atoms with E-state index in [1.165, 1.54) is 11.3 Å². The number of hydrogen-bond acceptors (Lipinski definition) is 6. The van der Waals surface area contributed by atoms with Gasteiger partial charge in [-0.15, -0.1) is 0 Å². The summed E-state index contributed by atoms with van der Waals surface area (Å²) >= 11 is 1.31. The van der Waals surface area contributed by atoms with Crippen molar-refractivity contribution in [2.45, 2.75) is 12.8 Å². The van der Waals surface area contributed by atoms with Crippen molar-refractivity contribution in [2.24, 2.45) is 0 Å². The van der Waals surface area contributed by atoms with Gasteiger partial charge >= 0.3 is 0 Å². The highest BCUT2D eigenvalue weighted by molar-refractivity contribution is 7.12. The summed E-state index contributed by atoms with van der Waals surface area (Å²) in [6.07, 6.45) is 1.05. The van der Waals surface area contributed by atoms with Gasteiger partial charge in [0.05, 0.1) is 10.9 Å². The van der Waals surface area contributed by atoms with E-state index in [0.717, 1.165) is 27.7 Å². The number of thiazole rings is 1. The van der Waals surface area contributed by atoms with E-state index in [1.807, 2.05) is 78.9 Å². The van der Waals surface area contributed by atoms with Crippen LogP contribution in [-0.2, 0) is 16.0 Å². The fraction of sp³-hybridized carbons (Fsp3) is 0.0769. The maximum atomic E-state index is 12.6. The lowest BCUT2D eigenvalue weighted by Crippen LogP contribution is -2.12. The zero-order valence-electron chi connectivity index (χ0n) is 18.0. The van der Waals surface area contributed by atoms with Gasteiger partial charge in [0, 0.05) is 23.1 Å². The minimum Gasteiger partial charge on any atom is -0.409 e. The quantitative estimate of drug-likeness (QED) is 0.314. The molecule has 3 aromatic carbocycles. The van der Waals surface area contributed by atoms with Gasteiger partial charge in [-0.2, -0.15) is 10.1 Å². The molecule has 1 amide bonds. The maximum Gasteiger partial charge on any atom is 0.299 e. The Bertz CT molecular complexity index is 1450. The van der Waals surface area contributed by atoms with Gasteiger partial charge in [0.25, 0.3) is 6.47 Å². The number of aryl methyl sites for hydroxylation is 1. The van der Waals surface area contributed by atoms with Crippen LogP contribution in [0.25, 0.3) is 27.3 Å². The Balaban J connectivity index is 1.48. The monoisotopic (exact) mass is 468 g/mol. The molecule has 0 aliphatic rings. The smallest absolute Gasteiger partial charge is 0.299 e. The van der Waals surface area contributed by atoms with E-state index in [4.69, 9.17) is 9.84 Å². The van der Waals surface area contributed by atoms with Crippen LogP contribution in [0.1, 0.15) is 12.0 Å². The molecular weight excluding hydrogens is 448 g/mol. The van der Waals surface area contributed by atoms with E-state index >= 15 is 0 Å². The third-order valence-corrected chi connectivity index (χ3v) is 6.11. The van der Waals surface area contributed by atoms with Gasteiger partial charge in [-0.1, -0.05) is 72.0 Å². The Hall–Kier alpha value is -4.30. The number of carbonyl (C=O) groups is 2. The predicted octanol–water partition coefficient (Wildman–Crippen LogP) is 5.26. The summed E-state index contributed by atoms with van der Waals surface area (Å²) in [7, 11) is 0. The average molecular weight is 469 g/mol. The van der Waals surface area contributed by atoms with Gasteiger partial charge in [-0.3, -0.25) is 9.59 Å². The second kappa shape index (κ2) is 9.68. The molecule has 0 radical (unpaired) electrons. The van der Waals surface area contributed by atoms with Crippen LogP contribution in [0.5, 0.6) is 5.88 Å². The molecule has 0 fully saturated rings. The Morgan fingerprint density at radius 3 is 2.56 bits per heavy atom. The molecule has 0 spiro atoms. The molecule has 168 valence electrons. The van der Waals surface area contributed by atoms with Crippen LogP contribution in [0.4, 0.5) is 5.69 Å². The third-order valence-electron chi connectivity index (χ3n) is 5.32. The van der Waals surface area contributed by atoms with Crippen LogP contribution in [-0.4, -0.2) is 27.1 Å². The zero-order valence-corrected chi connectivity index (χ0v) is 18.9. The van der Waals surface area contributed by atoms with Gasteiger partial charge in [0.1, 0.15) is 5.69 Å². The van der Waals surface area contributed by atoms with Gasteiger partial charge in [0.15, 0.2) is 0 Å². The van der Waals surface area contributed by atoms with Crippen LogP contribution >= 0.6 is 11.3 Å². The topological polar surface area (TPSA) is 86.1 Å². The van der Waals surface area contributed by atoms with E-state index < -0.39 is 0 Å². The SMILES string of the molecule is O=COc1csc(-n2nc(-c3ccccc3)c3ccc(NC(=O)CCc4ccccc4)cc32)n1. The molecule has 2 aromatic heterocycles. The number of amides is 1. The van der Waals surface area contributed by atoms with Crippen molar-refractivity contribution in [3.63, 3.8) is 0 Å². The number of ether oxygens (including phenoxy) is 1. The highest BCUT2D eigenvalue weighted by Gasteiger charge is 2.17. The van der Waals surface area contributed by atoms with Gasteiger partial charge in [0.2, 0.25) is 16.9 Å². The minimum absolute atomic E-state index is 0.0616. The molecule has 5 aromatic rings. The summed E-state index contributed by atoms with van der Waals surface area (Å²) in [4.78, 5) is 27.6. The number of anilines is 1. The van der Waals surface area contributed by atoms with Gasteiger partial charge < -0.3 is 10.1 Å². The number of carbonyl (C=O) groups excluding carboxylic acids is 2. The summed E-state index contributed by atoms with van der Waals surface area (Å²) in [6, 6.07) is 25.5. The second-order valence-corrected chi connectivity index (χ2v) is 8.41. The lowest BCUT2D eigenvalue weighted by molar-refractivity contribution is -0.121. The normalized spacial score (nSPS) is 10.8. The highest BCUT2D eigenvalue weighted by Crippen LogP contribution is 2.33. The van der Waals surface area contributed by atoms with Crippen LogP contribution < -0.4 is 10.1 Å². The predicted molar refractivity (Wildman–Crippen MR) is 132 cm³/mol. The average Bonchev–Trinajstić information content (AvgIpc) is 3.49. The number of nitrogens with one attached hydrogen (secondary N) is 1. The molecule has 7 nitrogen and oxygen atoms in total. The van der Waals surface area contributed by atoms with Crippen molar-refractivity contribution < 1.29 is 14.3 Å². The summed E-state index contributed by atoms with van der Waals surface area (Å²) in [5, 5.41) is 10.9. The van der Waals surface area contributed by atoms with Crippen molar-refractivity contribution >= 4 is 40.3 Å². The molecular formula is C26H20N4O3S. The van der Waals surface area contributed by atoms with E-state index in [-0.39, 0.29) is 11.8 Å². The first kappa shape index (κ1) is 21.5. The van der Waals surface area contributed by atoms with Crippen LogP contribution in [0.2, 0.25) is 0 Å². The molecule has 5 rings (SSSR count). The third kappa shape index (κ3) is 4.57. The lowest BCUT2D eigenvalue weighted by atomic mass is 10.1. The number of benzene rings is 3. The Kier molecular flexibility index (Phi) is 6.13. The van der Waals surface area contributed by atoms with E-state index in [9.17, 15) is 9.59 Å². The standard InChI is InChI=1S/C26H20N4O3S/c31-17-33-24-16-34-26(28-24)30-22-15-20(27-23(32)14-11-18-7-3-1-4-8-18)12-13-21(22)25(29-30)19-9-5-2-6-10-19/h1-10,12-13,15-17H,11,14H2,(H,27,32). The Morgan fingerprint density at radius 1 is 1.03 bits per heavy atom. The molecule has 1 N–H and O–H groups in total. The molecule has 8 heteroatoms. The first-order chi connectivity index (χ1) is 16.7. The van der Waals surface area contributed by atoms with E-state index in [2.05, 4.69) is 10.3 Å². The molecule has 0 saturated carbocycles. The van der Waals surface area contributed by atoms with E-state index in [1.54, 1.807) is 10.1 Å². The van der Waals surface area contributed by atoms with Crippen LogP contribution in [0.15, 0.2) is 84.2 Å². The zero-order chi connectivity index (χ0) is 23.3. The van der Waals surface area contributed by atoms with Gasteiger partial charge in [-0.05, 0) is 30.2 Å². The van der Waals surface area contributed by atoms with Crippen LogP contribution in [0.3, 0.4) is 0 Å². The Morgan fingerprint density at radius 2 is 1.79 bits per heavy atom. The Labute approximate surface area is 199 Å². The van der Waals surface area contributed by atoms with E-state index in [0.29, 0.717) is 30.1 Å². The summed E-state index contributed by atoms with van der Waals surface area (Å²) in [5.74, 6) is 0.152. The summed E-state index contributed by atoms with van der Waals surface area (Å²) in [6.45, 7) is 0.346. The van der Waals surface area contributed by atoms with Crippen molar-refractivity contribution in [3.05, 3.63) is 89.8 Å². The van der Waals surface area contributed by atoms with Gasteiger partial charge in [-0.25, -0.2) is 4.68 Å². The fourth-order valence-electron chi connectivity index (χ4n) is 3.72. The number of rotatable bonds is 8. The van der Waals surface area contributed by atoms with Crippen molar-refractivity contribution in [1.29, 1.82) is 0 Å². The lowest BCUT2D eigenvalue weighted by Gasteiger charge is -2.07. The first-order valence-corrected chi connectivity index (χ1v) is 11.6. The second-order valence-electron chi connectivity index (χ2n) is 7.57. The number of nitrogens with zero attached hydrogens (tertiary/aromatic N) is 3. The molecule has 0 aliphatic carbocycles. The number of hydrogen-bond donors (Lipinski definition) is 1. The van der Waals surface area contributed by atoms with Crippen molar-refractivity contribution in [1.82, 2.24) is 14.8 Å². The number of aromatic nitrogens is 3. The molecule has 0 atom stereocenters. The molecule has 0 aliphatic heterocycles. The van der Waals surface area contributed by atoms with Crippen molar-refractivity contribution in [3.8, 4) is 22.3 Å². The largest absolute Gasteiger partial charge is 0.409 e. The molecule has 0 bridgehead atoms. The first-order valence-electron chi connectivity index (χ1n) is 10.7. The number of fused-ring (bicyclic) bond motifs is 1. The molecule has 34 heavy (non-hydrogen) atoms. The van der Waals surface area contributed by atoms with Crippen molar-refractivity contribution in [2.75, 3.05) is 5.32 Å². The minimum atomic E-state index is -0.0616. The summed E-state index contributed by atoms with van der Waals surface area (Å²) < 4.78 is 6.58. The highest BCUT2D eigenvalue weighted by atomic mass is 32.1.